The number of rotatable bonds is 5. The molecule has 0 radical (unpaired) electrons. The number of ether oxygens (including phenoxy) is 1. The van der Waals surface area contributed by atoms with Crippen molar-refractivity contribution in [3.05, 3.63) is 0 Å². The molecule has 1 saturated heterocycles. The van der Waals surface area contributed by atoms with Crippen molar-refractivity contribution in [2.45, 2.75) is 63.5 Å². The van der Waals surface area contributed by atoms with Gasteiger partial charge in [0, 0.05) is 24.9 Å². The van der Waals surface area contributed by atoms with Crippen LogP contribution < -0.4 is 5.32 Å². The Morgan fingerprint density at radius 1 is 1.26 bits per heavy atom. The zero-order valence-corrected chi connectivity index (χ0v) is 12.8. The lowest BCUT2D eigenvalue weighted by atomic mass is 9.78. The highest BCUT2D eigenvalue weighted by Gasteiger charge is 2.38. The maximum absolute atomic E-state index is 11.5. The molecule has 1 N–H and O–H groups in total. The average molecular weight is 289 g/mol. The molecule has 0 aromatic heterocycles. The summed E-state index contributed by atoms with van der Waals surface area (Å²) in [5.41, 5.74) is 0.0950. The first-order valence-electron chi connectivity index (χ1n) is 7.63. The molecule has 19 heavy (non-hydrogen) atoms. The third-order valence-corrected chi connectivity index (χ3v) is 6.25. The van der Waals surface area contributed by atoms with Crippen molar-refractivity contribution in [3.8, 4) is 0 Å². The minimum absolute atomic E-state index is 0.0950. The second-order valence-corrected chi connectivity index (χ2v) is 8.45. The highest BCUT2D eigenvalue weighted by atomic mass is 32.2. The van der Waals surface area contributed by atoms with E-state index in [1.807, 2.05) is 0 Å². The zero-order chi connectivity index (χ0) is 13.8. The van der Waals surface area contributed by atoms with Crippen molar-refractivity contribution in [1.82, 2.24) is 5.32 Å². The molecular formula is C14H27NO3S. The Labute approximate surface area is 117 Å². The topological polar surface area (TPSA) is 55.4 Å². The van der Waals surface area contributed by atoms with Gasteiger partial charge in [-0.3, -0.25) is 0 Å². The Kier molecular flexibility index (Phi) is 5.26. The Hall–Kier alpha value is -0.130. The van der Waals surface area contributed by atoms with Crippen molar-refractivity contribution in [1.29, 1.82) is 0 Å². The number of nitrogens with one attached hydrogen (secondary N) is 1. The summed E-state index contributed by atoms with van der Waals surface area (Å²) in [6.45, 7) is 3.11. The van der Waals surface area contributed by atoms with Gasteiger partial charge in [-0.05, 0) is 25.7 Å². The summed E-state index contributed by atoms with van der Waals surface area (Å²) in [4.78, 5) is 0. The molecule has 5 heteroatoms. The van der Waals surface area contributed by atoms with Crippen molar-refractivity contribution in [2.75, 3.05) is 24.7 Å². The van der Waals surface area contributed by atoms with E-state index in [1.54, 1.807) is 6.92 Å². The molecule has 1 aliphatic carbocycles. The minimum atomic E-state index is -2.85. The lowest BCUT2D eigenvalue weighted by molar-refractivity contribution is -0.108. The van der Waals surface area contributed by atoms with Crippen LogP contribution in [-0.4, -0.2) is 44.7 Å². The van der Waals surface area contributed by atoms with Crippen LogP contribution in [0.2, 0.25) is 0 Å². The van der Waals surface area contributed by atoms with E-state index in [1.165, 1.54) is 32.1 Å². The molecule has 0 aromatic carbocycles. The van der Waals surface area contributed by atoms with Crippen LogP contribution in [0.25, 0.3) is 0 Å². The molecule has 2 fully saturated rings. The first kappa shape index (κ1) is 15.3. The first-order valence-corrected chi connectivity index (χ1v) is 9.45. The van der Waals surface area contributed by atoms with Gasteiger partial charge in [-0.1, -0.05) is 26.2 Å². The van der Waals surface area contributed by atoms with Crippen LogP contribution in [0.5, 0.6) is 0 Å². The molecule has 1 spiro atoms. The summed E-state index contributed by atoms with van der Waals surface area (Å²) in [5, 5.41) is 3.42. The monoisotopic (exact) mass is 289 g/mol. The highest BCUT2D eigenvalue weighted by Crippen LogP contribution is 2.38. The van der Waals surface area contributed by atoms with Crippen molar-refractivity contribution < 1.29 is 13.2 Å². The molecule has 0 amide bonds. The molecule has 0 bridgehead atoms. The van der Waals surface area contributed by atoms with Crippen LogP contribution in [0.1, 0.15) is 51.9 Å². The summed E-state index contributed by atoms with van der Waals surface area (Å²) >= 11 is 0. The molecule has 112 valence electrons. The normalized spacial score (nSPS) is 27.5. The van der Waals surface area contributed by atoms with Gasteiger partial charge in [0.25, 0.3) is 0 Å². The fourth-order valence-electron chi connectivity index (χ4n) is 3.31. The van der Waals surface area contributed by atoms with Gasteiger partial charge in [-0.2, -0.15) is 0 Å². The van der Waals surface area contributed by atoms with E-state index in [4.69, 9.17) is 4.74 Å². The maximum atomic E-state index is 11.5. The summed E-state index contributed by atoms with van der Waals surface area (Å²) in [7, 11) is -2.85. The molecule has 2 aliphatic rings. The SMILES string of the molecule is CCS(=O)(=O)CCNC1CCOC2(CCCCC2)C1. The van der Waals surface area contributed by atoms with Gasteiger partial charge in [-0.15, -0.1) is 0 Å². The van der Waals surface area contributed by atoms with E-state index in [0.717, 1.165) is 19.4 Å². The molecule has 1 atom stereocenters. The smallest absolute Gasteiger partial charge is 0.151 e. The molecule has 1 aliphatic heterocycles. The van der Waals surface area contributed by atoms with E-state index in [9.17, 15) is 8.42 Å². The zero-order valence-electron chi connectivity index (χ0n) is 12.0. The van der Waals surface area contributed by atoms with Gasteiger partial charge in [0.05, 0.1) is 11.4 Å². The van der Waals surface area contributed by atoms with Gasteiger partial charge in [-0.25, -0.2) is 8.42 Å². The molecule has 0 aromatic rings. The Morgan fingerprint density at radius 3 is 2.68 bits per heavy atom. The van der Waals surface area contributed by atoms with Gasteiger partial charge in [0.15, 0.2) is 9.84 Å². The van der Waals surface area contributed by atoms with Gasteiger partial charge >= 0.3 is 0 Å². The predicted molar refractivity (Wildman–Crippen MR) is 77.1 cm³/mol. The fraction of sp³-hybridized carbons (Fsp3) is 1.00. The maximum Gasteiger partial charge on any atom is 0.151 e. The fourth-order valence-corrected chi connectivity index (χ4v) is 4.03. The van der Waals surface area contributed by atoms with Crippen LogP contribution in [0.4, 0.5) is 0 Å². The lowest BCUT2D eigenvalue weighted by Crippen LogP contribution is -2.48. The second-order valence-electron chi connectivity index (χ2n) is 5.97. The van der Waals surface area contributed by atoms with E-state index in [0.29, 0.717) is 12.6 Å². The molecule has 4 nitrogen and oxygen atoms in total. The van der Waals surface area contributed by atoms with E-state index >= 15 is 0 Å². The molecule has 1 saturated carbocycles. The standard InChI is InChI=1S/C14H27NO3S/c1-2-19(16,17)11-9-15-13-6-10-18-14(12-13)7-4-3-5-8-14/h13,15H,2-12H2,1H3. The predicted octanol–water partition coefficient (Wildman–Crippen LogP) is 1.89. The van der Waals surface area contributed by atoms with Crippen molar-refractivity contribution in [2.24, 2.45) is 0 Å². The van der Waals surface area contributed by atoms with E-state index < -0.39 is 9.84 Å². The van der Waals surface area contributed by atoms with Crippen molar-refractivity contribution >= 4 is 9.84 Å². The molecule has 1 unspecified atom stereocenters. The van der Waals surface area contributed by atoms with Gasteiger partial charge in [0.2, 0.25) is 0 Å². The first-order chi connectivity index (χ1) is 9.05. The number of sulfone groups is 1. The van der Waals surface area contributed by atoms with Crippen molar-refractivity contribution in [3.63, 3.8) is 0 Å². The van der Waals surface area contributed by atoms with Crippen LogP contribution in [0, 0.1) is 0 Å². The summed E-state index contributed by atoms with van der Waals surface area (Å²) in [6.07, 6.45) is 8.30. The molecule has 2 rings (SSSR count). The van der Waals surface area contributed by atoms with Gasteiger partial charge in [0.1, 0.15) is 0 Å². The average Bonchev–Trinajstić information content (AvgIpc) is 2.40. The minimum Gasteiger partial charge on any atom is -0.375 e. The second kappa shape index (κ2) is 6.55. The van der Waals surface area contributed by atoms with Crippen LogP contribution in [0.15, 0.2) is 0 Å². The number of hydrogen-bond acceptors (Lipinski definition) is 4. The summed E-state index contributed by atoms with van der Waals surface area (Å²) in [6, 6.07) is 0.430. The van der Waals surface area contributed by atoms with Crippen LogP contribution >= 0.6 is 0 Å². The Balaban J connectivity index is 1.78. The quantitative estimate of drug-likeness (QED) is 0.840. The van der Waals surface area contributed by atoms with E-state index in [-0.39, 0.29) is 17.1 Å². The Bertz CT molecular complexity index is 369. The largest absolute Gasteiger partial charge is 0.375 e. The third kappa shape index (κ3) is 4.43. The highest BCUT2D eigenvalue weighted by molar-refractivity contribution is 7.91. The summed E-state index contributed by atoms with van der Waals surface area (Å²) < 4.78 is 29.0. The Morgan fingerprint density at radius 2 is 2.00 bits per heavy atom. The van der Waals surface area contributed by atoms with E-state index in [2.05, 4.69) is 5.32 Å². The third-order valence-electron chi connectivity index (χ3n) is 4.54. The van der Waals surface area contributed by atoms with Crippen LogP contribution in [-0.2, 0) is 14.6 Å². The summed E-state index contributed by atoms with van der Waals surface area (Å²) in [5.74, 6) is 0.500. The number of hydrogen-bond donors (Lipinski definition) is 1. The molecular weight excluding hydrogens is 262 g/mol. The molecule has 1 heterocycles. The van der Waals surface area contributed by atoms with Crippen LogP contribution in [0.3, 0.4) is 0 Å². The van der Waals surface area contributed by atoms with Gasteiger partial charge < -0.3 is 10.1 Å². The lowest BCUT2D eigenvalue weighted by Gasteiger charge is -2.43.